The van der Waals surface area contributed by atoms with Crippen molar-refractivity contribution in [2.45, 2.75) is 44.8 Å². The van der Waals surface area contributed by atoms with E-state index in [0.717, 1.165) is 17.4 Å². The fourth-order valence-corrected chi connectivity index (χ4v) is 5.68. The van der Waals surface area contributed by atoms with E-state index in [0.29, 0.717) is 0 Å². The van der Waals surface area contributed by atoms with Crippen molar-refractivity contribution < 1.29 is 0 Å². The summed E-state index contributed by atoms with van der Waals surface area (Å²) < 4.78 is 0. The van der Waals surface area contributed by atoms with Crippen LogP contribution in [0.4, 0.5) is 0 Å². The van der Waals surface area contributed by atoms with E-state index in [-0.39, 0.29) is 8.80 Å². The molecular weight excluding hydrogens is 160 g/mol. The minimum absolute atomic E-state index is 0.0708. The van der Waals surface area contributed by atoms with E-state index < -0.39 is 0 Å². The van der Waals surface area contributed by atoms with Gasteiger partial charge in [-0.25, -0.2) is 0 Å². The van der Waals surface area contributed by atoms with E-state index in [1.165, 1.54) is 19.3 Å². The highest BCUT2D eigenvalue weighted by Gasteiger charge is 2.44. The van der Waals surface area contributed by atoms with E-state index in [9.17, 15) is 0 Å². The highest BCUT2D eigenvalue weighted by molar-refractivity contribution is 6.58. The fourth-order valence-electron chi connectivity index (χ4n) is 3.37. The van der Waals surface area contributed by atoms with Crippen LogP contribution in [0.25, 0.3) is 0 Å². The van der Waals surface area contributed by atoms with Crippen molar-refractivity contribution in [2.75, 3.05) is 0 Å². The van der Waals surface area contributed by atoms with Gasteiger partial charge in [-0.2, -0.15) is 0 Å². The van der Waals surface area contributed by atoms with Gasteiger partial charge in [0.05, 0.1) is 0 Å². The zero-order chi connectivity index (χ0) is 8.72. The Morgan fingerprint density at radius 2 is 2.08 bits per heavy atom. The van der Waals surface area contributed by atoms with Crippen LogP contribution in [0.2, 0.25) is 18.6 Å². The summed E-state index contributed by atoms with van der Waals surface area (Å²) in [5.74, 6) is 2.09. The molecule has 1 heteroatoms. The molecule has 2 aliphatic carbocycles. The molecule has 2 rings (SSSR count). The van der Waals surface area contributed by atoms with Gasteiger partial charge in [-0.3, -0.25) is 0 Å². The molecule has 0 saturated heterocycles. The normalized spacial score (nSPS) is 43.3. The lowest BCUT2D eigenvalue weighted by molar-refractivity contribution is 0.552. The third-order valence-electron chi connectivity index (χ3n) is 3.73. The number of allylic oxidation sites excluding steroid dienone is 2. The summed E-state index contributed by atoms with van der Waals surface area (Å²) in [6, 6.07) is 0. The first-order valence-electron chi connectivity index (χ1n) is 5.20. The molecule has 2 fully saturated rings. The van der Waals surface area contributed by atoms with Crippen LogP contribution in [0.15, 0.2) is 11.6 Å². The molecule has 1 radical (unpaired) electrons. The second-order valence-electron chi connectivity index (χ2n) is 4.61. The largest absolute Gasteiger partial charge is 0.0882 e. The molecule has 0 aliphatic heterocycles. The molecule has 67 valence electrons. The van der Waals surface area contributed by atoms with E-state index in [1.54, 1.807) is 0 Å². The predicted molar refractivity (Wildman–Crippen MR) is 55.8 cm³/mol. The Morgan fingerprint density at radius 1 is 1.33 bits per heavy atom. The maximum atomic E-state index is 2.49. The molecule has 0 aromatic rings. The van der Waals surface area contributed by atoms with Crippen LogP contribution in [-0.4, -0.2) is 8.80 Å². The van der Waals surface area contributed by atoms with Gasteiger partial charge in [0.15, 0.2) is 0 Å². The smallest absolute Gasteiger partial charge is 0.0496 e. The van der Waals surface area contributed by atoms with Gasteiger partial charge in [-0.1, -0.05) is 24.7 Å². The van der Waals surface area contributed by atoms with Crippen LogP contribution in [0.5, 0.6) is 0 Å². The predicted octanol–water partition coefficient (Wildman–Crippen LogP) is 3.49. The molecule has 2 aliphatic rings. The zero-order valence-corrected chi connectivity index (χ0v) is 9.43. The van der Waals surface area contributed by atoms with Crippen molar-refractivity contribution in [1.29, 1.82) is 0 Å². The lowest BCUT2D eigenvalue weighted by Gasteiger charge is -2.27. The van der Waals surface area contributed by atoms with E-state index in [1.807, 2.05) is 5.57 Å². The Morgan fingerprint density at radius 3 is 2.58 bits per heavy atom. The zero-order valence-electron chi connectivity index (χ0n) is 8.43. The highest BCUT2D eigenvalue weighted by atomic mass is 28.3. The highest BCUT2D eigenvalue weighted by Crippen LogP contribution is 2.56. The van der Waals surface area contributed by atoms with Crippen LogP contribution >= 0.6 is 0 Å². The minimum atomic E-state index is -0.0708. The summed E-state index contributed by atoms with van der Waals surface area (Å²) in [4.78, 5) is 0. The minimum Gasteiger partial charge on any atom is -0.0882 e. The molecule has 3 unspecified atom stereocenters. The van der Waals surface area contributed by atoms with Gasteiger partial charge in [0, 0.05) is 8.80 Å². The average molecular weight is 179 g/mol. The SMILES string of the molecule is CC=C1C2CCC(C2)C1[Si](C)C. The number of fused-ring (bicyclic) bond motifs is 2. The Balaban J connectivity index is 2.23. The molecular formula is C11H19Si. The van der Waals surface area contributed by atoms with Gasteiger partial charge in [-0.15, -0.1) is 0 Å². The molecule has 0 spiro atoms. The summed E-state index contributed by atoms with van der Waals surface area (Å²) >= 11 is 0. The summed E-state index contributed by atoms with van der Waals surface area (Å²) in [7, 11) is -0.0708. The van der Waals surface area contributed by atoms with Crippen molar-refractivity contribution in [3.63, 3.8) is 0 Å². The first-order valence-corrected chi connectivity index (χ1v) is 7.78. The van der Waals surface area contributed by atoms with E-state index in [4.69, 9.17) is 0 Å². The first-order chi connectivity index (χ1) is 5.74. The second-order valence-corrected chi connectivity index (χ2v) is 7.39. The number of hydrogen-bond acceptors (Lipinski definition) is 0. The first kappa shape index (κ1) is 8.55. The maximum absolute atomic E-state index is 2.49. The summed E-state index contributed by atoms with van der Waals surface area (Å²) in [5.41, 5.74) is 2.88. The lowest BCUT2D eigenvalue weighted by Crippen LogP contribution is -2.20. The maximum Gasteiger partial charge on any atom is 0.0496 e. The molecule has 0 N–H and O–H groups in total. The van der Waals surface area contributed by atoms with Gasteiger partial charge in [0.25, 0.3) is 0 Å². The number of rotatable bonds is 1. The Hall–Kier alpha value is -0.0431. The molecule has 2 saturated carbocycles. The van der Waals surface area contributed by atoms with Gasteiger partial charge < -0.3 is 0 Å². The van der Waals surface area contributed by atoms with Gasteiger partial charge >= 0.3 is 0 Å². The molecule has 3 atom stereocenters. The van der Waals surface area contributed by atoms with Crippen LogP contribution in [0, 0.1) is 11.8 Å². The molecule has 0 aromatic carbocycles. The van der Waals surface area contributed by atoms with Crippen LogP contribution < -0.4 is 0 Å². The van der Waals surface area contributed by atoms with Crippen molar-refractivity contribution >= 4 is 8.80 Å². The topological polar surface area (TPSA) is 0 Å². The van der Waals surface area contributed by atoms with Gasteiger partial charge in [-0.05, 0) is 43.6 Å². The van der Waals surface area contributed by atoms with Crippen molar-refractivity contribution in [3.05, 3.63) is 11.6 Å². The van der Waals surface area contributed by atoms with Crippen molar-refractivity contribution in [3.8, 4) is 0 Å². The van der Waals surface area contributed by atoms with Crippen molar-refractivity contribution in [2.24, 2.45) is 11.8 Å². The van der Waals surface area contributed by atoms with Crippen LogP contribution in [-0.2, 0) is 0 Å². The number of hydrogen-bond donors (Lipinski definition) is 0. The van der Waals surface area contributed by atoms with E-state index in [2.05, 4.69) is 26.1 Å². The third-order valence-corrected chi connectivity index (χ3v) is 5.78. The molecule has 12 heavy (non-hydrogen) atoms. The van der Waals surface area contributed by atoms with Gasteiger partial charge in [0.2, 0.25) is 0 Å². The van der Waals surface area contributed by atoms with Crippen LogP contribution in [0.1, 0.15) is 26.2 Å². The van der Waals surface area contributed by atoms with E-state index >= 15 is 0 Å². The molecule has 0 amide bonds. The van der Waals surface area contributed by atoms with Crippen LogP contribution in [0.3, 0.4) is 0 Å². The van der Waals surface area contributed by atoms with Gasteiger partial charge in [0.1, 0.15) is 0 Å². The Labute approximate surface area is 77.7 Å². The molecule has 0 nitrogen and oxygen atoms in total. The monoisotopic (exact) mass is 179 g/mol. The molecule has 0 aromatic heterocycles. The second kappa shape index (κ2) is 3.02. The molecule has 2 bridgehead atoms. The fraction of sp³-hybridized carbons (Fsp3) is 0.818. The average Bonchev–Trinajstić information content (AvgIpc) is 2.60. The quantitative estimate of drug-likeness (QED) is 0.427. The van der Waals surface area contributed by atoms with Crippen molar-refractivity contribution in [1.82, 2.24) is 0 Å². The lowest BCUT2D eigenvalue weighted by atomic mass is 9.94. The Kier molecular flexibility index (Phi) is 2.15. The summed E-state index contributed by atoms with van der Waals surface area (Å²) in [5, 5.41) is 0. The molecule has 0 heterocycles. The Bertz CT molecular complexity index is 205. The summed E-state index contributed by atoms with van der Waals surface area (Å²) in [6.07, 6.45) is 6.98. The summed E-state index contributed by atoms with van der Waals surface area (Å²) in [6.45, 7) is 7.22. The third kappa shape index (κ3) is 1.10. The standard InChI is InChI=1S/C11H19Si/c1-4-10-8-5-6-9(7-8)11(10)12(2)3/h4,8-9,11H,5-7H2,1-3H3.